The monoisotopic (exact) mass is 587 g/mol. The maximum Gasteiger partial charge on any atom is 0.405 e. The second kappa shape index (κ2) is 15.3. The number of nitrogens with one attached hydrogen (secondary N) is 1. The van der Waals surface area contributed by atoms with Crippen molar-refractivity contribution in [1.82, 2.24) is 5.32 Å². The molecule has 2 aliphatic rings. The van der Waals surface area contributed by atoms with Crippen LogP contribution in [0.15, 0.2) is 58.5 Å². The first kappa shape index (κ1) is 34.2. The number of hydrogen-bond acceptors (Lipinski definition) is 10. The molecule has 230 valence electrons. The molecule has 0 fully saturated rings. The van der Waals surface area contributed by atoms with E-state index in [-0.39, 0.29) is 34.9 Å². The highest BCUT2D eigenvalue weighted by Crippen LogP contribution is 2.29. The van der Waals surface area contributed by atoms with Crippen LogP contribution in [0.1, 0.15) is 47.5 Å². The molecule has 0 spiro atoms. The molecule has 0 aromatic carbocycles. The van der Waals surface area contributed by atoms with Crippen LogP contribution in [-0.2, 0) is 38.1 Å². The van der Waals surface area contributed by atoms with Crippen LogP contribution in [0.25, 0.3) is 0 Å². The summed E-state index contributed by atoms with van der Waals surface area (Å²) in [7, 11) is 2.90. The second-order valence-electron chi connectivity index (χ2n) is 10.6. The number of ketones is 2. The minimum Gasteiger partial charge on any atom is -0.459 e. The predicted octanol–water partition coefficient (Wildman–Crippen LogP) is 2.29. The molecule has 2 rings (SSSR count). The average Bonchev–Trinajstić information content (AvgIpc) is 2.91. The van der Waals surface area contributed by atoms with E-state index >= 15 is 0 Å². The van der Waals surface area contributed by atoms with Crippen LogP contribution in [0.5, 0.6) is 0 Å². The quantitative estimate of drug-likeness (QED) is 0.250. The van der Waals surface area contributed by atoms with Gasteiger partial charge < -0.3 is 35.7 Å². The standard InChI is InChI=1S/C30H41N3O9/c1-15-11-20-25(31)22(35)14-21(26(20)36)33-29(37)16(2)9-8-10-23(39-6)27(42-30(32)38)17(3)13-18(4)28(41-19(5)34)24(12-15)40-7/h8-10,13-15,18,23-24,27-28H,11-12,31H2,1-7H3,(H2,32,38)(H,33,37)/b10-8-,16-9+,17-13+/t15?,18-,23-,24-,27-,28+/m0/s1. The van der Waals surface area contributed by atoms with Gasteiger partial charge in [0.15, 0.2) is 6.10 Å². The average molecular weight is 588 g/mol. The van der Waals surface area contributed by atoms with Gasteiger partial charge in [-0.1, -0.05) is 38.2 Å². The number of esters is 1. The van der Waals surface area contributed by atoms with E-state index in [1.165, 1.54) is 40.2 Å². The van der Waals surface area contributed by atoms with Gasteiger partial charge in [0, 0.05) is 44.3 Å². The van der Waals surface area contributed by atoms with Crippen molar-refractivity contribution < 1.29 is 42.9 Å². The number of nitrogens with two attached hydrogens (primary N) is 2. The Bertz CT molecular complexity index is 1240. The third-order valence-electron chi connectivity index (χ3n) is 7.10. The molecule has 0 saturated heterocycles. The molecule has 2 amide bonds. The molecule has 6 atom stereocenters. The van der Waals surface area contributed by atoms with Gasteiger partial charge in [-0.15, -0.1) is 0 Å². The largest absolute Gasteiger partial charge is 0.459 e. The Morgan fingerprint density at radius 2 is 1.71 bits per heavy atom. The summed E-state index contributed by atoms with van der Waals surface area (Å²) in [5.41, 5.74) is 11.9. The molecule has 12 nitrogen and oxygen atoms in total. The van der Waals surface area contributed by atoms with Crippen LogP contribution in [-0.4, -0.2) is 68.2 Å². The van der Waals surface area contributed by atoms with Gasteiger partial charge in [0.05, 0.1) is 17.5 Å². The fourth-order valence-electron chi connectivity index (χ4n) is 4.97. The Morgan fingerprint density at radius 3 is 2.29 bits per heavy atom. The van der Waals surface area contributed by atoms with Crippen molar-refractivity contribution in [2.75, 3.05) is 14.2 Å². The third kappa shape index (κ3) is 8.98. The first-order valence-electron chi connectivity index (χ1n) is 13.5. The Balaban J connectivity index is 2.67. The number of methoxy groups -OCH3 is 2. The first-order chi connectivity index (χ1) is 19.7. The van der Waals surface area contributed by atoms with Crippen LogP contribution in [0.2, 0.25) is 0 Å². The number of carbonyl (C=O) groups is 5. The number of ether oxygens (including phenoxy) is 4. The highest BCUT2D eigenvalue weighted by atomic mass is 16.6. The summed E-state index contributed by atoms with van der Waals surface area (Å²) in [5, 5.41) is 2.50. The summed E-state index contributed by atoms with van der Waals surface area (Å²) >= 11 is 0. The highest BCUT2D eigenvalue weighted by Gasteiger charge is 2.34. The van der Waals surface area contributed by atoms with E-state index in [0.717, 1.165) is 6.08 Å². The molecule has 5 N–H and O–H groups in total. The Hall–Kier alpha value is -4.03. The molecule has 12 heteroatoms. The summed E-state index contributed by atoms with van der Waals surface area (Å²) in [5.74, 6) is -2.97. The van der Waals surface area contributed by atoms with Crippen LogP contribution in [0.4, 0.5) is 4.79 Å². The number of hydrogen-bond donors (Lipinski definition) is 3. The Kier molecular flexibility index (Phi) is 12.4. The van der Waals surface area contributed by atoms with Crippen molar-refractivity contribution in [3.8, 4) is 0 Å². The van der Waals surface area contributed by atoms with E-state index in [4.69, 9.17) is 30.4 Å². The third-order valence-corrected chi connectivity index (χ3v) is 7.10. The van der Waals surface area contributed by atoms with E-state index in [2.05, 4.69) is 5.32 Å². The van der Waals surface area contributed by atoms with E-state index in [1.54, 1.807) is 19.1 Å². The molecule has 0 saturated carbocycles. The molecule has 0 aromatic heterocycles. The first-order valence-corrected chi connectivity index (χ1v) is 13.5. The van der Waals surface area contributed by atoms with E-state index in [1.807, 2.05) is 13.8 Å². The molecular formula is C30H41N3O9. The van der Waals surface area contributed by atoms with Gasteiger partial charge in [-0.05, 0) is 38.2 Å². The number of fused-ring (bicyclic) bond motifs is 2. The van der Waals surface area contributed by atoms with Crippen molar-refractivity contribution >= 4 is 29.5 Å². The van der Waals surface area contributed by atoms with Crippen LogP contribution >= 0.6 is 0 Å². The lowest BCUT2D eigenvalue weighted by atomic mass is 9.85. The Labute approximate surface area is 245 Å². The maximum absolute atomic E-state index is 13.3. The molecule has 0 aromatic rings. The van der Waals surface area contributed by atoms with Gasteiger partial charge in [-0.2, -0.15) is 0 Å². The fraction of sp³-hybridized carbons (Fsp3) is 0.500. The SMILES string of the molecule is CO[C@H]1/C=C\C=C(/C)C(=O)NC2=CC(=O)C(N)=C(CC(C)C[C@H](OC)[C@H](OC(C)=O)[C@@H](C)/C=C(\C)[C@@H]1OC(N)=O)C2=O. The van der Waals surface area contributed by atoms with Crippen LogP contribution in [0.3, 0.4) is 0 Å². The van der Waals surface area contributed by atoms with Crippen LogP contribution < -0.4 is 16.8 Å². The number of allylic oxidation sites excluding steroid dienone is 4. The van der Waals surface area contributed by atoms with Gasteiger partial charge in [0.1, 0.15) is 12.2 Å². The van der Waals surface area contributed by atoms with Crippen LogP contribution in [0, 0.1) is 11.8 Å². The lowest BCUT2D eigenvalue weighted by Gasteiger charge is -2.32. The minimum atomic E-state index is -1.02. The molecule has 1 heterocycles. The second-order valence-corrected chi connectivity index (χ2v) is 10.6. The lowest BCUT2D eigenvalue weighted by molar-refractivity contribution is -0.157. The molecular weight excluding hydrogens is 546 g/mol. The number of rotatable bonds is 4. The van der Waals surface area contributed by atoms with Gasteiger partial charge in [-0.25, -0.2) is 4.79 Å². The zero-order valence-electron chi connectivity index (χ0n) is 25.1. The van der Waals surface area contributed by atoms with E-state index in [0.29, 0.717) is 12.0 Å². The Morgan fingerprint density at radius 1 is 1.05 bits per heavy atom. The zero-order valence-corrected chi connectivity index (χ0v) is 25.1. The molecule has 0 radical (unpaired) electrons. The normalized spacial score (nSPS) is 31.6. The van der Waals surface area contributed by atoms with Crippen molar-refractivity contribution in [3.05, 3.63) is 58.5 Å². The van der Waals surface area contributed by atoms with E-state index in [9.17, 15) is 24.0 Å². The zero-order chi connectivity index (χ0) is 31.7. The number of carbonyl (C=O) groups excluding carboxylic acids is 5. The smallest absolute Gasteiger partial charge is 0.405 e. The summed E-state index contributed by atoms with van der Waals surface area (Å²) in [6.45, 7) is 8.20. The van der Waals surface area contributed by atoms with Crippen molar-refractivity contribution in [2.24, 2.45) is 23.3 Å². The number of Topliss-reactive ketones (excluding diaryl/α,β-unsaturated/α-hetero) is 1. The summed E-state index contributed by atoms with van der Waals surface area (Å²) in [4.78, 5) is 62.7. The van der Waals surface area contributed by atoms with E-state index < -0.39 is 59.9 Å². The fourth-order valence-corrected chi connectivity index (χ4v) is 4.97. The van der Waals surface area contributed by atoms with Gasteiger partial charge in [-0.3, -0.25) is 19.2 Å². The predicted molar refractivity (Wildman–Crippen MR) is 153 cm³/mol. The summed E-state index contributed by atoms with van der Waals surface area (Å²) < 4.78 is 22.4. The molecule has 1 aliphatic heterocycles. The van der Waals surface area contributed by atoms with Crippen molar-refractivity contribution in [2.45, 2.75) is 71.9 Å². The molecule has 42 heavy (non-hydrogen) atoms. The number of primary amides is 1. The molecule has 1 aliphatic carbocycles. The molecule has 1 unspecified atom stereocenters. The van der Waals surface area contributed by atoms with Crippen molar-refractivity contribution in [1.29, 1.82) is 0 Å². The summed E-state index contributed by atoms with van der Waals surface area (Å²) in [6.07, 6.45) is 3.62. The van der Waals surface area contributed by atoms with Gasteiger partial charge in [0.2, 0.25) is 11.6 Å². The summed E-state index contributed by atoms with van der Waals surface area (Å²) in [6, 6.07) is 0. The lowest BCUT2D eigenvalue weighted by Crippen LogP contribution is -2.39. The molecule has 2 bridgehead atoms. The highest BCUT2D eigenvalue weighted by molar-refractivity contribution is 6.23. The minimum absolute atomic E-state index is 0.0850. The number of amides is 2. The van der Waals surface area contributed by atoms with Crippen molar-refractivity contribution in [3.63, 3.8) is 0 Å². The van der Waals surface area contributed by atoms with Gasteiger partial charge >= 0.3 is 12.1 Å². The topological polar surface area (TPSA) is 186 Å². The maximum atomic E-state index is 13.3. The van der Waals surface area contributed by atoms with Gasteiger partial charge in [0.25, 0.3) is 5.91 Å².